The summed E-state index contributed by atoms with van der Waals surface area (Å²) >= 11 is 2.10. The van der Waals surface area contributed by atoms with Gasteiger partial charge >= 0.3 is 0 Å². The van der Waals surface area contributed by atoms with Gasteiger partial charge in [0.15, 0.2) is 0 Å². The predicted molar refractivity (Wildman–Crippen MR) is 210 cm³/mol. The van der Waals surface area contributed by atoms with Crippen LogP contribution in [0, 0.1) is 0 Å². The molecule has 0 bridgehead atoms. The molecule has 3 aliphatic heterocycles. The quantitative estimate of drug-likeness (QED) is 0.176. The molecule has 2 atom stereocenters. The molecule has 0 fully saturated rings. The molecule has 5 aromatic carbocycles. The molecule has 3 aliphatic rings. The highest BCUT2D eigenvalue weighted by atomic mass is 32.2. The Morgan fingerprint density at radius 2 is 1.15 bits per heavy atom. The zero-order valence-corrected chi connectivity index (χ0v) is 30.7. The van der Waals surface area contributed by atoms with Crippen LogP contribution in [0.3, 0.4) is 0 Å². The topological polar surface area (TPSA) is 6.48 Å². The smallest absolute Gasteiger partial charge is 0.233 e. The SMILES string of the molecule is CC(C)(C)c1ccc(N2c3cccc4c3B(c3cc(C(C)(C)C)ccc3N4c3ccccc3)C3Sc4ccc(C(C)(C)C)cc4C32)cc1. The number of hydrogen-bond acceptors (Lipinski definition) is 3. The van der Waals surface area contributed by atoms with Gasteiger partial charge in [0, 0.05) is 38.5 Å². The average Bonchev–Trinajstić information content (AvgIpc) is 3.42. The van der Waals surface area contributed by atoms with Crippen molar-refractivity contribution in [1.29, 1.82) is 0 Å². The Morgan fingerprint density at radius 3 is 1.81 bits per heavy atom. The van der Waals surface area contributed by atoms with E-state index in [4.69, 9.17) is 0 Å². The highest BCUT2D eigenvalue weighted by Gasteiger charge is 2.54. The van der Waals surface area contributed by atoms with Gasteiger partial charge in [-0.05, 0) is 98.0 Å². The van der Waals surface area contributed by atoms with Gasteiger partial charge in [-0.25, -0.2) is 0 Å². The van der Waals surface area contributed by atoms with Crippen molar-refractivity contribution in [1.82, 2.24) is 0 Å². The third-order valence-electron chi connectivity index (χ3n) is 10.7. The van der Waals surface area contributed by atoms with Gasteiger partial charge in [-0.1, -0.05) is 123 Å². The largest absolute Gasteiger partial charge is 0.334 e. The van der Waals surface area contributed by atoms with E-state index < -0.39 is 0 Å². The molecule has 0 aromatic heterocycles. The number of rotatable bonds is 2. The van der Waals surface area contributed by atoms with E-state index >= 15 is 0 Å². The Kier molecular flexibility index (Phi) is 7.07. The summed E-state index contributed by atoms with van der Waals surface area (Å²) in [6, 6.07) is 42.2. The average molecular weight is 647 g/mol. The van der Waals surface area contributed by atoms with Crippen molar-refractivity contribution in [3.8, 4) is 0 Å². The summed E-state index contributed by atoms with van der Waals surface area (Å²) < 4.78 is 0. The lowest BCUT2D eigenvalue weighted by Gasteiger charge is -2.49. The Morgan fingerprint density at radius 1 is 0.542 bits per heavy atom. The summed E-state index contributed by atoms with van der Waals surface area (Å²) in [4.78, 5) is 6.63. The van der Waals surface area contributed by atoms with Gasteiger partial charge in [0.1, 0.15) is 0 Å². The van der Waals surface area contributed by atoms with Crippen molar-refractivity contribution >= 4 is 57.8 Å². The Labute approximate surface area is 292 Å². The number of benzene rings is 5. The lowest BCUT2D eigenvalue weighted by Crippen LogP contribution is -2.62. The van der Waals surface area contributed by atoms with Gasteiger partial charge in [0.05, 0.1) is 6.04 Å². The van der Waals surface area contributed by atoms with Crippen LogP contribution in [-0.4, -0.2) is 11.9 Å². The van der Waals surface area contributed by atoms with Gasteiger partial charge < -0.3 is 9.80 Å². The molecule has 242 valence electrons. The van der Waals surface area contributed by atoms with E-state index in [-0.39, 0.29) is 29.0 Å². The summed E-state index contributed by atoms with van der Waals surface area (Å²) in [5.41, 5.74) is 15.1. The van der Waals surface area contributed by atoms with Crippen LogP contribution in [0.1, 0.15) is 90.6 Å². The van der Waals surface area contributed by atoms with E-state index in [0.717, 1.165) is 0 Å². The molecule has 2 nitrogen and oxygen atoms in total. The summed E-state index contributed by atoms with van der Waals surface area (Å²) in [6.45, 7) is 21.2. The van der Waals surface area contributed by atoms with Crippen molar-refractivity contribution in [2.45, 2.75) is 94.6 Å². The molecule has 0 radical (unpaired) electrons. The number of nitrogens with zero attached hydrogens (tertiary/aromatic N) is 2. The minimum atomic E-state index is 0.0503. The summed E-state index contributed by atoms with van der Waals surface area (Å²) in [6.07, 6.45) is 0. The van der Waals surface area contributed by atoms with Crippen LogP contribution in [-0.2, 0) is 16.2 Å². The van der Waals surface area contributed by atoms with Gasteiger partial charge in [0.25, 0.3) is 0 Å². The zero-order chi connectivity index (χ0) is 33.7. The molecule has 0 saturated heterocycles. The standard InChI is InChI=1S/C44H47BN2S/c1-42(2,3)28-18-22-32(23-19-28)47-37-17-13-16-36-39(37)45(41-40(47)33-26-29(43(4,5)6)21-25-38(33)48-41)34-27-30(44(7,8)9)20-24-35(34)46(36)31-14-11-10-12-15-31/h10-27,40-41H,1-9H3. The van der Waals surface area contributed by atoms with Crippen molar-refractivity contribution < 1.29 is 0 Å². The Hall–Kier alpha value is -3.89. The minimum absolute atomic E-state index is 0.0503. The maximum atomic E-state index is 2.69. The molecule has 0 aliphatic carbocycles. The maximum absolute atomic E-state index is 2.69. The number of thioether (sulfide) groups is 1. The number of para-hydroxylation sites is 1. The van der Waals surface area contributed by atoms with E-state index in [1.54, 1.807) is 0 Å². The fourth-order valence-corrected chi connectivity index (χ4v) is 9.64. The number of hydrogen-bond donors (Lipinski definition) is 0. The number of fused-ring (bicyclic) bond motifs is 6. The Bertz CT molecular complexity index is 2030. The van der Waals surface area contributed by atoms with E-state index in [2.05, 4.69) is 193 Å². The molecule has 0 saturated carbocycles. The second-order valence-corrected chi connectivity index (χ2v) is 18.3. The molecular formula is C44H47BN2S. The van der Waals surface area contributed by atoms with E-state index in [0.29, 0.717) is 5.15 Å². The van der Waals surface area contributed by atoms with Gasteiger partial charge in [-0.15, -0.1) is 11.8 Å². The predicted octanol–water partition coefficient (Wildman–Crippen LogP) is 10.9. The molecule has 0 N–H and O–H groups in total. The van der Waals surface area contributed by atoms with Crippen LogP contribution in [0.5, 0.6) is 0 Å². The third-order valence-corrected chi connectivity index (χ3v) is 12.2. The van der Waals surface area contributed by atoms with Gasteiger partial charge in [0.2, 0.25) is 6.71 Å². The van der Waals surface area contributed by atoms with Crippen molar-refractivity contribution in [2.75, 3.05) is 9.80 Å². The fourth-order valence-electron chi connectivity index (χ4n) is 8.07. The van der Waals surface area contributed by atoms with Crippen LogP contribution >= 0.6 is 11.8 Å². The lowest BCUT2D eigenvalue weighted by molar-refractivity contribution is 0.587. The first kappa shape index (κ1) is 31.4. The van der Waals surface area contributed by atoms with Crippen LogP contribution in [0.15, 0.2) is 114 Å². The van der Waals surface area contributed by atoms with Crippen molar-refractivity contribution in [3.63, 3.8) is 0 Å². The Balaban J connectivity index is 1.43. The van der Waals surface area contributed by atoms with E-state index in [9.17, 15) is 0 Å². The molecule has 0 spiro atoms. The summed E-state index contributed by atoms with van der Waals surface area (Å²) in [7, 11) is 0. The van der Waals surface area contributed by atoms with E-state index in [1.807, 2.05) is 0 Å². The zero-order valence-electron chi connectivity index (χ0n) is 29.9. The molecule has 2 unspecified atom stereocenters. The summed E-state index contributed by atoms with van der Waals surface area (Å²) in [5, 5.41) is 0.318. The van der Waals surface area contributed by atoms with Crippen LogP contribution in [0.4, 0.5) is 28.4 Å². The second-order valence-electron chi connectivity index (χ2n) is 17.1. The lowest BCUT2D eigenvalue weighted by atomic mass is 9.33. The number of anilines is 5. The monoisotopic (exact) mass is 646 g/mol. The molecule has 3 heterocycles. The maximum Gasteiger partial charge on any atom is 0.233 e. The van der Waals surface area contributed by atoms with E-state index in [1.165, 1.54) is 66.5 Å². The van der Waals surface area contributed by atoms with Crippen LogP contribution in [0.25, 0.3) is 0 Å². The molecule has 5 aromatic rings. The highest BCUT2D eigenvalue weighted by Crippen LogP contribution is 2.56. The molecular weight excluding hydrogens is 599 g/mol. The van der Waals surface area contributed by atoms with Crippen LogP contribution < -0.4 is 20.7 Å². The van der Waals surface area contributed by atoms with Crippen molar-refractivity contribution in [2.24, 2.45) is 0 Å². The van der Waals surface area contributed by atoms with Gasteiger partial charge in [-0.2, -0.15) is 0 Å². The molecule has 4 heteroatoms. The second kappa shape index (κ2) is 10.8. The first-order valence-corrected chi connectivity index (χ1v) is 18.4. The van der Waals surface area contributed by atoms with Crippen LogP contribution in [0.2, 0.25) is 0 Å². The molecule has 48 heavy (non-hydrogen) atoms. The first-order valence-electron chi connectivity index (χ1n) is 17.6. The molecule has 0 amide bonds. The summed E-state index contributed by atoms with van der Waals surface area (Å²) in [5.74, 6) is 0. The van der Waals surface area contributed by atoms with Gasteiger partial charge in [-0.3, -0.25) is 0 Å². The highest BCUT2D eigenvalue weighted by molar-refractivity contribution is 8.02. The minimum Gasteiger partial charge on any atom is -0.334 e. The molecule has 8 rings (SSSR count). The first-order chi connectivity index (χ1) is 22.7. The fraction of sp³-hybridized carbons (Fsp3) is 0.318. The third kappa shape index (κ3) is 4.93. The van der Waals surface area contributed by atoms with Crippen molar-refractivity contribution in [3.05, 3.63) is 131 Å². The normalized spacial score (nSPS) is 18.3.